The van der Waals surface area contributed by atoms with Gasteiger partial charge in [0, 0.05) is 11.3 Å². The number of nitrogens with one attached hydrogen (secondary N) is 2. The Morgan fingerprint density at radius 2 is 1.66 bits per heavy atom. The van der Waals surface area contributed by atoms with Crippen molar-refractivity contribution < 1.29 is 23.9 Å². The Balaban J connectivity index is 2.01. The number of hydrogen-bond donors (Lipinski definition) is 2. The summed E-state index contributed by atoms with van der Waals surface area (Å²) in [5.74, 6) is -1.34. The summed E-state index contributed by atoms with van der Waals surface area (Å²) in [4.78, 5) is 36.2. The summed E-state index contributed by atoms with van der Waals surface area (Å²) in [6, 6.07) is 11.4. The highest BCUT2D eigenvalue weighted by atomic mass is 16.5. The van der Waals surface area contributed by atoms with Gasteiger partial charge in [0.15, 0.2) is 0 Å². The molecule has 154 valence electrons. The average Bonchev–Trinajstić information content (AvgIpc) is 2.70. The minimum Gasteiger partial charge on any atom is -0.494 e. The molecule has 0 heterocycles. The van der Waals surface area contributed by atoms with E-state index in [0.29, 0.717) is 23.6 Å². The zero-order valence-electron chi connectivity index (χ0n) is 17.1. The number of rotatable bonds is 7. The maximum atomic E-state index is 12.3. The molecule has 0 radical (unpaired) electrons. The van der Waals surface area contributed by atoms with E-state index in [9.17, 15) is 14.4 Å². The van der Waals surface area contributed by atoms with Crippen LogP contribution in [-0.2, 0) is 14.3 Å². The normalized spacial score (nSPS) is 11.3. The van der Waals surface area contributed by atoms with Crippen molar-refractivity contribution in [2.45, 2.75) is 33.7 Å². The summed E-state index contributed by atoms with van der Waals surface area (Å²) in [5.41, 5.74) is 2.59. The fourth-order valence-electron chi connectivity index (χ4n) is 2.73. The smallest absolute Gasteiger partial charge is 0.338 e. The second kappa shape index (κ2) is 10.3. The molecule has 7 heteroatoms. The van der Waals surface area contributed by atoms with Crippen molar-refractivity contribution in [2.75, 3.05) is 18.5 Å². The Morgan fingerprint density at radius 3 is 2.28 bits per heavy atom. The first-order chi connectivity index (χ1) is 13.8. The Hall–Kier alpha value is -3.35. The van der Waals surface area contributed by atoms with Gasteiger partial charge in [0.05, 0.1) is 24.8 Å². The summed E-state index contributed by atoms with van der Waals surface area (Å²) >= 11 is 0. The first-order valence-electron chi connectivity index (χ1n) is 9.48. The number of amides is 2. The van der Waals surface area contributed by atoms with Gasteiger partial charge in [0.1, 0.15) is 5.75 Å². The van der Waals surface area contributed by atoms with Gasteiger partial charge in [-0.1, -0.05) is 17.7 Å². The number of ether oxygens (including phenoxy) is 2. The van der Waals surface area contributed by atoms with Gasteiger partial charge in [0.25, 0.3) is 0 Å². The maximum absolute atomic E-state index is 12.3. The molecule has 2 N–H and O–H groups in total. The number of hydrogen-bond acceptors (Lipinski definition) is 5. The zero-order chi connectivity index (χ0) is 21.4. The minimum atomic E-state index is -0.800. The molecule has 2 aromatic carbocycles. The minimum absolute atomic E-state index is 0.279. The third kappa shape index (κ3) is 6.07. The third-order valence-corrected chi connectivity index (χ3v) is 4.14. The highest BCUT2D eigenvalue weighted by Gasteiger charge is 2.20. The molecule has 7 nitrogen and oxygen atoms in total. The van der Waals surface area contributed by atoms with E-state index in [-0.39, 0.29) is 6.61 Å². The van der Waals surface area contributed by atoms with E-state index in [0.717, 1.165) is 11.1 Å². The van der Waals surface area contributed by atoms with Crippen molar-refractivity contribution in [1.29, 1.82) is 0 Å². The second-order valence-corrected chi connectivity index (χ2v) is 6.42. The highest BCUT2D eigenvalue weighted by molar-refractivity contribution is 6.39. The summed E-state index contributed by atoms with van der Waals surface area (Å²) in [7, 11) is 0. The molecule has 2 aromatic rings. The van der Waals surface area contributed by atoms with Gasteiger partial charge in [0.2, 0.25) is 0 Å². The lowest BCUT2D eigenvalue weighted by molar-refractivity contribution is -0.136. The van der Waals surface area contributed by atoms with Crippen LogP contribution in [0.15, 0.2) is 42.5 Å². The lowest BCUT2D eigenvalue weighted by Crippen LogP contribution is -2.37. The molecule has 0 spiro atoms. The number of anilines is 1. The van der Waals surface area contributed by atoms with Gasteiger partial charge in [-0.3, -0.25) is 9.59 Å². The molecule has 0 saturated heterocycles. The van der Waals surface area contributed by atoms with Crippen LogP contribution < -0.4 is 15.4 Å². The second-order valence-electron chi connectivity index (χ2n) is 6.42. The van der Waals surface area contributed by atoms with Crippen molar-refractivity contribution in [3.05, 3.63) is 59.2 Å². The topological polar surface area (TPSA) is 93.7 Å². The van der Waals surface area contributed by atoms with Crippen LogP contribution >= 0.6 is 0 Å². The van der Waals surface area contributed by atoms with Crippen molar-refractivity contribution in [1.82, 2.24) is 5.32 Å². The molecule has 0 aliphatic carbocycles. The van der Waals surface area contributed by atoms with E-state index < -0.39 is 23.8 Å². The molecule has 0 aliphatic rings. The number of benzene rings is 2. The van der Waals surface area contributed by atoms with E-state index in [1.165, 1.54) is 24.3 Å². The fraction of sp³-hybridized carbons (Fsp3) is 0.318. The Morgan fingerprint density at radius 1 is 0.966 bits per heavy atom. The molecule has 2 rings (SSSR count). The molecule has 2 amide bonds. The number of carbonyl (C=O) groups excluding carboxylic acids is 3. The van der Waals surface area contributed by atoms with Crippen LogP contribution in [0.2, 0.25) is 0 Å². The molecular formula is C22H26N2O5. The van der Waals surface area contributed by atoms with Gasteiger partial charge < -0.3 is 20.1 Å². The molecular weight excluding hydrogens is 372 g/mol. The summed E-state index contributed by atoms with van der Waals surface area (Å²) in [5, 5.41) is 5.20. The lowest BCUT2D eigenvalue weighted by Gasteiger charge is -2.18. The van der Waals surface area contributed by atoms with Crippen LogP contribution in [0.3, 0.4) is 0 Å². The monoisotopic (exact) mass is 398 g/mol. The van der Waals surface area contributed by atoms with E-state index in [4.69, 9.17) is 9.47 Å². The van der Waals surface area contributed by atoms with Gasteiger partial charge >= 0.3 is 17.8 Å². The zero-order valence-corrected chi connectivity index (χ0v) is 17.1. The van der Waals surface area contributed by atoms with Crippen molar-refractivity contribution in [3.63, 3.8) is 0 Å². The molecule has 0 aromatic heterocycles. The first kappa shape index (κ1) is 21.9. The molecule has 0 fully saturated rings. The largest absolute Gasteiger partial charge is 0.494 e. The van der Waals surface area contributed by atoms with E-state index in [2.05, 4.69) is 10.6 Å². The van der Waals surface area contributed by atoms with Crippen LogP contribution in [0.5, 0.6) is 5.75 Å². The number of aryl methyl sites for hydroxylation is 1. The number of esters is 1. The molecule has 1 atom stereocenters. The lowest BCUT2D eigenvalue weighted by atomic mass is 10.0. The standard InChI is InChI=1S/C22H26N2O5/c1-5-28-19-12-7-14(3)13-18(19)15(4)23-20(25)21(26)24-17-10-8-16(9-11-17)22(27)29-6-2/h7-13,15H,5-6H2,1-4H3,(H,23,25)(H,24,26). The fourth-order valence-corrected chi connectivity index (χ4v) is 2.73. The predicted molar refractivity (Wildman–Crippen MR) is 110 cm³/mol. The van der Waals surface area contributed by atoms with Crippen LogP contribution in [0, 0.1) is 6.92 Å². The van der Waals surface area contributed by atoms with Gasteiger partial charge in [-0.2, -0.15) is 0 Å². The molecule has 0 bridgehead atoms. The first-order valence-corrected chi connectivity index (χ1v) is 9.48. The van der Waals surface area contributed by atoms with Crippen LogP contribution in [0.25, 0.3) is 0 Å². The molecule has 1 unspecified atom stereocenters. The maximum Gasteiger partial charge on any atom is 0.338 e. The van der Waals surface area contributed by atoms with Crippen molar-refractivity contribution in [3.8, 4) is 5.75 Å². The predicted octanol–water partition coefficient (Wildman–Crippen LogP) is 3.39. The third-order valence-electron chi connectivity index (χ3n) is 4.14. The molecule has 29 heavy (non-hydrogen) atoms. The van der Waals surface area contributed by atoms with E-state index >= 15 is 0 Å². The quantitative estimate of drug-likeness (QED) is 0.551. The summed E-state index contributed by atoms with van der Waals surface area (Å²) < 4.78 is 10.5. The molecule has 0 aliphatic heterocycles. The van der Waals surface area contributed by atoms with Crippen LogP contribution in [0.4, 0.5) is 5.69 Å². The Kier molecular flexibility index (Phi) is 7.77. The van der Waals surface area contributed by atoms with Crippen LogP contribution in [-0.4, -0.2) is 31.0 Å². The summed E-state index contributed by atoms with van der Waals surface area (Å²) in [6.07, 6.45) is 0. The van der Waals surface area contributed by atoms with Gasteiger partial charge in [-0.05, 0) is 58.0 Å². The van der Waals surface area contributed by atoms with Crippen molar-refractivity contribution in [2.24, 2.45) is 0 Å². The Labute approximate surface area is 170 Å². The van der Waals surface area contributed by atoms with E-state index in [1.807, 2.05) is 32.0 Å². The van der Waals surface area contributed by atoms with Crippen molar-refractivity contribution >= 4 is 23.5 Å². The van der Waals surface area contributed by atoms with Gasteiger partial charge in [-0.25, -0.2) is 4.79 Å². The highest BCUT2D eigenvalue weighted by Crippen LogP contribution is 2.26. The number of carbonyl (C=O) groups is 3. The van der Waals surface area contributed by atoms with Crippen LogP contribution in [0.1, 0.15) is 48.3 Å². The molecule has 0 saturated carbocycles. The Bertz CT molecular complexity index is 877. The average molecular weight is 398 g/mol. The van der Waals surface area contributed by atoms with E-state index in [1.54, 1.807) is 13.8 Å². The SMILES string of the molecule is CCOC(=O)c1ccc(NC(=O)C(=O)NC(C)c2cc(C)ccc2OCC)cc1. The summed E-state index contributed by atoms with van der Waals surface area (Å²) in [6.45, 7) is 8.12. The van der Waals surface area contributed by atoms with Gasteiger partial charge in [-0.15, -0.1) is 0 Å².